The number of carbonyl (C=O) groups is 1. The number of nitrogens with zero attached hydrogens (tertiary/aromatic N) is 1. The van der Waals surface area contributed by atoms with E-state index in [4.69, 9.17) is 5.11 Å². The Morgan fingerprint density at radius 2 is 2.11 bits per heavy atom. The number of fused-ring (bicyclic) bond motifs is 1. The molecule has 102 valence electrons. The third kappa shape index (κ3) is 2.63. The van der Waals surface area contributed by atoms with Gasteiger partial charge >= 0.3 is 5.97 Å². The monoisotopic (exact) mass is 261 g/mol. The van der Waals surface area contributed by atoms with Crippen molar-refractivity contribution in [2.24, 2.45) is 0 Å². The molecule has 4 heteroatoms. The van der Waals surface area contributed by atoms with Crippen LogP contribution in [0.3, 0.4) is 0 Å². The molecule has 0 radical (unpaired) electrons. The lowest BCUT2D eigenvalue weighted by Crippen LogP contribution is -1.99. The van der Waals surface area contributed by atoms with Gasteiger partial charge < -0.3 is 14.8 Å². The number of aliphatic hydroxyl groups excluding tert-OH is 1. The van der Waals surface area contributed by atoms with E-state index in [1.54, 1.807) is 6.20 Å². The van der Waals surface area contributed by atoms with Crippen LogP contribution in [0.1, 0.15) is 42.1 Å². The normalized spacial score (nSPS) is 11.4. The number of aliphatic hydroxyl groups is 1. The summed E-state index contributed by atoms with van der Waals surface area (Å²) in [7, 11) is 0. The first-order valence-corrected chi connectivity index (χ1v) is 6.51. The first kappa shape index (κ1) is 13.6. The summed E-state index contributed by atoms with van der Waals surface area (Å²) in [5.41, 5.74) is 2.38. The Bertz CT molecular complexity index is 599. The van der Waals surface area contributed by atoms with Crippen molar-refractivity contribution in [3.63, 3.8) is 0 Å². The summed E-state index contributed by atoms with van der Waals surface area (Å²) in [5.74, 6) is -0.541. The van der Waals surface area contributed by atoms with Crippen molar-refractivity contribution >= 4 is 16.9 Å². The number of aryl methyl sites for hydroxylation is 1. The summed E-state index contributed by atoms with van der Waals surface area (Å²) >= 11 is 0. The van der Waals surface area contributed by atoms with Crippen molar-refractivity contribution in [1.29, 1.82) is 0 Å². The quantitative estimate of drug-likeness (QED) is 0.870. The highest BCUT2D eigenvalue weighted by atomic mass is 16.4. The van der Waals surface area contributed by atoms with E-state index >= 15 is 0 Å². The van der Waals surface area contributed by atoms with E-state index in [-0.39, 0.29) is 6.61 Å². The Kier molecular flexibility index (Phi) is 3.90. The summed E-state index contributed by atoms with van der Waals surface area (Å²) in [6, 6.07) is 5.96. The Morgan fingerprint density at radius 1 is 1.37 bits per heavy atom. The summed E-state index contributed by atoms with van der Waals surface area (Å²) in [4.78, 5) is 11.3. The summed E-state index contributed by atoms with van der Waals surface area (Å²) < 4.78 is 1.90. The van der Waals surface area contributed by atoms with Crippen LogP contribution in [-0.2, 0) is 6.54 Å². The Labute approximate surface area is 112 Å². The molecule has 2 rings (SSSR count). The maximum atomic E-state index is 11.3. The number of aromatic carboxylic acids is 1. The molecular formula is C15H19NO3. The van der Waals surface area contributed by atoms with Crippen LogP contribution in [0.25, 0.3) is 10.9 Å². The molecule has 1 aromatic carbocycles. The van der Waals surface area contributed by atoms with E-state index in [9.17, 15) is 9.90 Å². The van der Waals surface area contributed by atoms with Gasteiger partial charge in [-0.15, -0.1) is 0 Å². The average molecular weight is 261 g/mol. The lowest BCUT2D eigenvalue weighted by Gasteiger charge is -2.07. The molecule has 0 fully saturated rings. The fraction of sp³-hybridized carbons (Fsp3) is 0.400. The highest BCUT2D eigenvalue weighted by Crippen LogP contribution is 2.26. The maximum Gasteiger partial charge on any atom is 0.337 e. The Morgan fingerprint density at radius 3 is 2.68 bits per heavy atom. The molecule has 2 aromatic rings. The first-order chi connectivity index (χ1) is 9.04. The summed E-state index contributed by atoms with van der Waals surface area (Å²) in [6.07, 6.45) is 2.28. The fourth-order valence-electron chi connectivity index (χ4n) is 2.27. The zero-order chi connectivity index (χ0) is 14.0. The number of hydrogen-bond donors (Lipinski definition) is 2. The van der Waals surface area contributed by atoms with Gasteiger partial charge in [0.05, 0.1) is 5.56 Å². The van der Waals surface area contributed by atoms with Gasteiger partial charge in [0.25, 0.3) is 0 Å². The van der Waals surface area contributed by atoms with Gasteiger partial charge in [-0.05, 0) is 30.0 Å². The minimum Gasteiger partial charge on any atom is -0.478 e. The number of benzene rings is 1. The van der Waals surface area contributed by atoms with Crippen LogP contribution in [0, 0.1) is 0 Å². The van der Waals surface area contributed by atoms with Crippen LogP contribution < -0.4 is 0 Å². The molecule has 0 aliphatic carbocycles. The Hall–Kier alpha value is -1.81. The van der Waals surface area contributed by atoms with Gasteiger partial charge in [-0.1, -0.05) is 19.9 Å². The van der Waals surface area contributed by atoms with Crippen molar-refractivity contribution in [1.82, 2.24) is 4.57 Å². The highest BCUT2D eigenvalue weighted by molar-refractivity contribution is 6.03. The third-order valence-corrected chi connectivity index (χ3v) is 3.36. The zero-order valence-electron chi connectivity index (χ0n) is 11.3. The first-order valence-electron chi connectivity index (χ1n) is 6.51. The molecule has 4 nitrogen and oxygen atoms in total. The van der Waals surface area contributed by atoms with E-state index < -0.39 is 5.97 Å². The van der Waals surface area contributed by atoms with Gasteiger partial charge in [-0.3, -0.25) is 0 Å². The number of aromatic nitrogens is 1. The van der Waals surface area contributed by atoms with Gasteiger partial charge in [0.2, 0.25) is 0 Å². The van der Waals surface area contributed by atoms with Crippen molar-refractivity contribution in [2.45, 2.75) is 32.7 Å². The van der Waals surface area contributed by atoms with Crippen molar-refractivity contribution < 1.29 is 15.0 Å². The molecule has 0 unspecified atom stereocenters. The van der Waals surface area contributed by atoms with Crippen LogP contribution in [0.15, 0.2) is 24.4 Å². The molecule has 19 heavy (non-hydrogen) atoms. The van der Waals surface area contributed by atoms with E-state index in [2.05, 4.69) is 13.8 Å². The molecule has 0 aliphatic rings. The number of rotatable bonds is 5. The van der Waals surface area contributed by atoms with Gasteiger partial charge in [0.1, 0.15) is 0 Å². The standard InChI is InChI=1S/C15H19NO3/c1-10(2)11-4-5-14-12(8-11)13(15(18)19)9-16(14)6-3-7-17/h4-5,8-10,17H,3,6-7H2,1-2H3,(H,18,19). The van der Waals surface area contributed by atoms with Gasteiger partial charge in [0.15, 0.2) is 0 Å². The molecule has 0 bridgehead atoms. The molecule has 0 saturated heterocycles. The molecule has 2 N–H and O–H groups in total. The maximum absolute atomic E-state index is 11.3. The van der Waals surface area contributed by atoms with Crippen LogP contribution >= 0.6 is 0 Å². The largest absolute Gasteiger partial charge is 0.478 e. The molecule has 0 amide bonds. The predicted molar refractivity (Wildman–Crippen MR) is 74.7 cm³/mol. The smallest absolute Gasteiger partial charge is 0.337 e. The minimum absolute atomic E-state index is 0.103. The molecule has 1 heterocycles. The zero-order valence-corrected chi connectivity index (χ0v) is 11.3. The number of carboxylic acid groups (broad SMARTS) is 1. The fourth-order valence-corrected chi connectivity index (χ4v) is 2.27. The molecular weight excluding hydrogens is 242 g/mol. The SMILES string of the molecule is CC(C)c1ccc2c(c1)c(C(=O)O)cn2CCCO. The lowest BCUT2D eigenvalue weighted by atomic mass is 10.0. The molecule has 0 atom stereocenters. The molecule has 1 aromatic heterocycles. The van der Waals surface area contributed by atoms with Crippen molar-refractivity contribution in [2.75, 3.05) is 6.61 Å². The summed E-state index contributed by atoms with van der Waals surface area (Å²) in [5, 5.41) is 19.0. The van der Waals surface area contributed by atoms with Crippen LogP contribution in [0.4, 0.5) is 0 Å². The second kappa shape index (κ2) is 5.45. The minimum atomic E-state index is -0.909. The predicted octanol–water partition coefficient (Wildman–Crippen LogP) is 2.85. The molecule has 0 aliphatic heterocycles. The van der Waals surface area contributed by atoms with E-state index in [1.807, 2.05) is 22.8 Å². The molecule has 0 saturated carbocycles. The lowest BCUT2D eigenvalue weighted by molar-refractivity contribution is 0.0699. The second-order valence-electron chi connectivity index (χ2n) is 5.05. The third-order valence-electron chi connectivity index (χ3n) is 3.36. The van der Waals surface area contributed by atoms with E-state index in [0.29, 0.717) is 24.4 Å². The van der Waals surface area contributed by atoms with Crippen molar-refractivity contribution in [3.8, 4) is 0 Å². The summed E-state index contributed by atoms with van der Waals surface area (Å²) in [6.45, 7) is 4.90. The van der Waals surface area contributed by atoms with Crippen LogP contribution in [0.5, 0.6) is 0 Å². The van der Waals surface area contributed by atoms with E-state index in [0.717, 1.165) is 16.5 Å². The van der Waals surface area contributed by atoms with Crippen molar-refractivity contribution in [3.05, 3.63) is 35.5 Å². The Balaban J connectivity index is 2.57. The second-order valence-corrected chi connectivity index (χ2v) is 5.05. The topological polar surface area (TPSA) is 62.5 Å². The highest BCUT2D eigenvalue weighted by Gasteiger charge is 2.15. The van der Waals surface area contributed by atoms with Gasteiger partial charge in [-0.25, -0.2) is 4.79 Å². The van der Waals surface area contributed by atoms with Crippen LogP contribution in [0.2, 0.25) is 0 Å². The number of carboxylic acids is 1. The average Bonchev–Trinajstić information content (AvgIpc) is 2.74. The van der Waals surface area contributed by atoms with Gasteiger partial charge in [-0.2, -0.15) is 0 Å². The van der Waals surface area contributed by atoms with Crippen LogP contribution in [-0.4, -0.2) is 27.4 Å². The van der Waals surface area contributed by atoms with Gasteiger partial charge in [0, 0.05) is 30.3 Å². The molecule has 0 spiro atoms. The van der Waals surface area contributed by atoms with E-state index in [1.165, 1.54) is 0 Å². The number of hydrogen-bond acceptors (Lipinski definition) is 2.